The summed E-state index contributed by atoms with van der Waals surface area (Å²) in [5, 5.41) is 0. The van der Waals surface area contributed by atoms with Gasteiger partial charge in [-0.1, -0.05) is 37.3 Å². The van der Waals surface area contributed by atoms with Gasteiger partial charge in [-0.25, -0.2) is 0 Å². The Bertz CT molecular complexity index is 546. The first kappa shape index (κ1) is 12.4. The summed E-state index contributed by atoms with van der Waals surface area (Å²) in [4.78, 5) is 4.49. The minimum absolute atomic E-state index is 0.863. The number of hydrogen-bond donors (Lipinski definition) is 0. The van der Waals surface area contributed by atoms with Gasteiger partial charge < -0.3 is 4.74 Å². The van der Waals surface area contributed by atoms with Crippen LogP contribution in [-0.4, -0.2) is 13.3 Å². The summed E-state index contributed by atoms with van der Waals surface area (Å²) in [6.45, 7) is 2.08. The minimum atomic E-state index is 0.863. The van der Waals surface area contributed by atoms with E-state index in [-0.39, 0.29) is 0 Å². The molecule has 0 bridgehead atoms. The summed E-state index contributed by atoms with van der Waals surface area (Å²) < 4.78 is 5.26. The molecule has 0 fully saturated rings. The van der Waals surface area contributed by atoms with Gasteiger partial charge in [0.15, 0.2) is 0 Å². The van der Waals surface area contributed by atoms with E-state index in [0.29, 0.717) is 0 Å². The van der Waals surface area contributed by atoms with Crippen LogP contribution in [0.15, 0.2) is 53.5 Å². The Morgan fingerprint density at radius 1 is 1.11 bits per heavy atom. The Labute approximate surface area is 108 Å². The van der Waals surface area contributed by atoms with Crippen molar-refractivity contribution in [2.24, 2.45) is 4.99 Å². The normalized spacial score (nSPS) is 10.8. The fourth-order valence-electron chi connectivity index (χ4n) is 1.81. The molecule has 0 amide bonds. The molecule has 0 heterocycles. The molecule has 0 N–H and O–H groups in total. The average molecular weight is 239 g/mol. The first-order valence-electron chi connectivity index (χ1n) is 6.11. The predicted molar refractivity (Wildman–Crippen MR) is 76.9 cm³/mol. The first-order chi connectivity index (χ1) is 8.85. The Balaban J connectivity index is 2.46. The van der Waals surface area contributed by atoms with E-state index in [1.165, 1.54) is 0 Å². The Morgan fingerprint density at radius 3 is 2.72 bits per heavy atom. The van der Waals surface area contributed by atoms with Crippen LogP contribution < -0.4 is 4.74 Å². The van der Waals surface area contributed by atoms with Crippen molar-refractivity contribution in [2.75, 3.05) is 7.11 Å². The Kier molecular flexibility index (Phi) is 4.13. The second kappa shape index (κ2) is 6.01. The first-order valence-corrected chi connectivity index (χ1v) is 6.11. The molecule has 0 atom stereocenters. The van der Waals surface area contributed by atoms with Crippen molar-refractivity contribution in [3.05, 3.63) is 48.5 Å². The topological polar surface area (TPSA) is 21.6 Å². The molecule has 2 nitrogen and oxygen atoms in total. The van der Waals surface area contributed by atoms with Crippen LogP contribution in [0.2, 0.25) is 0 Å². The molecule has 2 aromatic carbocycles. The zero-order valence-electron chi connectivity index (χ0n) is 10.8. The number of methoxy groups -OCH3 is 1. The third kappa shape index (κ3) is 2.77. The summed E-state index contributed by atoms with van der Waals surface area (Å²) in [7, 11) is 1.68. The standard InChI is InChI=1S/C16H17NO/c1-3-11-17-16-10-5-4-9-15(16)13-7-6-8-14(12-13)18-2/h4-12H,3H2,1-2H3/b17-11+. The van der Waals surface area contributed by atoms with E-state index in [1.807, 2.05) is 42.6 Å². The van der Waals surface area contributed by atoms with E-state index < -0.39 is 0 Å². The average Bonchev–Trinajstić information content (AvgIpc) is 2.45. The Morgan fingerprint density at radius 2 is 1.94 bits per heavy atom. The van der Waals surface area contributed by atoms with E-state index in [0.717, 1.165) is 29.0 Å². The molecule has 2 rings (SSSR count). The van der Waals surface area contributed by atoms with Crippen molar-refractivity contribution in [1.29, 1.82) is 0 Å². The highest BCUT2D eigenvalue weighted by molar-refractivity contribution is 5.79. The molecule has 0 aliphatic heterocycles. The predicted octanol–water partition coefficient (Wildman–Crippen LogP) is 4.47. The molecule has 92 valence electrons. The van der Waals surface area contributed by atoms with Crippen LogP contribution in [0.3, 0.4) is 0 Å². The highest BCUT2D eigenvalue weighted by Gasteiger charge is 2.04. The summed E-state index contributed by atoms with van der Waals surface area (Å²) >= 11 is 0. The number of para-hydroxylation sites is 1. The van der Waals surface area contributed by atoms with Gasteiger partial charge in [0.25, 0.3) is 0 Å². The number of ether oxygens (including phenoxy) is 1. The molecule has 0 unspecified atom stereocenters. The number of aliphatic imine (C=N–C) groups is 1. The lowest BCUT2D eigenvalue weighted by Gasteiger charge is -2.07. The second-order valence-electron chi connectivity index (χ2n) is 3.97. The molecule has 2 aromatic rings. The smallest absolute Gasteiger partial charge is 0.119 e. The summed E-state index contributed by atoms with van der Waals surface area (Å²) in [5.41, 5.74) is 3.24. The monoisotopic (exact) mass is 239 g/mol. The van der Waals surface area contributed by atoms with Gasteiger partial charge in [0.2, 0.25) is 0 Å². The molecular weight excluding hydrogens is 222 g/mol. The summed E-state index contributed by atoms with van der Waals surface area (Å²) in [5.74, 6) is 0.863. The van der Waals surface area contributed by atoms with Crippen LogP contribution in [-0.2, 0) is 0 Å². The maximum atomic E-state index is 5.26. The fraction of sp³-hybridized carbons (Fsp3) is 0.188. The molecule has 18 heavy (non-hydrogen) atoms. The zero-order chi connectivity index (χ0) is 12.8. The van der Waals surface area contributed by atoms with E-state index in [1.54, 1.807) is 7.11 Å². The molecule has 0 saturated heterocycles. The molecule has 0 radical (unpaired) electrons. The number of hydrogen-bond acceptors (Lipinski definition) is 2. The third-order valence-electron chi connectivity index (χ3n) is 2.70. The summed E-state index contributed by atoms with van der Waals surface area (Å²) in [6, 6.07) is 16.2. The van der Waals surface area contributed by atoms with Crippen LogP contribution in [0.25, 0.3) is 11.1 Å². The Hall–Kier alpha value is -2.09. The van der Waals surface area contributed by atoms with Crippen molar-refractivity contribution in [3.8, 4) is 16.9 Å². The molecule has 2 heteroatoms. The van der Waals surface area contributed by atoms with Gasteiger partial charge in [-0.3, -0.25) is 4.99 Å². The van der Waals surface area contributed by atoms with Crippen LogP contribution >= 0.6 is 0 Å². The van der Waals surface area contributed by atoms with Crippen molar-refractivity contribution >= 4 is 11.9 Å². The lowest BCUT2D eigenvalue weighted by atomic mass is 10.0. The van der Waals surface area contributed by atoms with E-state index in [2.05, 4.69) is 24.0 Å². The van der Waals surface area contributed by atoms with Gasteiger partial charge in [0, 0.05) is 11.8 Å². The van der Waals surface area contributed by atoms with Crippen LogP contribution in [0, 0.1) is 0 Å². The number of benzene rings is 2. The van der Waals surface area contributed by atoms with Crippen LogP contribution in [0.4, 0.5) is 5.69 Å². The molecular formula is C16H17NO. The lowest BCUT2D eigenvalue weighted by molar-refractivity contribution is 0.415. The maximum Gasteiger partial charge on any atom is 0.119 e. The van der Waals surface area contributed by atoms with Gasteiger partial charge in [-0.2, -0.15) is 0 Å². The van der Waals surface area contributed by atoms with Gasteiger partial charge in [-0.15, -0.1) is 0 Å². The molecule has 0 aromatic heterocycles. The molecule has 0 aliphatic rings. The molecule has 0 spiro atoms. The van der Waals surface area contributed by atoms with Crippen LogP contribution in [0.1, 0.15) is 13.3 Å². The molecule has 0 saturated carbocycles. The van der Waals surface area contributed by atoms with Crippen molar-refractivity contribution < 1.29 is 4.74 Å². The van der Waals surface area contributed by atoms with Gasteiger partial charge in [0.1, 0.15) is 5.75 Å². The number of rotatable bonds is 4. The lowest BCUT2D eigenvalue weighted by Crippen LogP contribution is -1.84. The van der Waals surface area contributed by atoms with E-state index in [9.17, 15) is 0 Å². The van der Waals surface area contributed by atoms with Crippen molar-refractivity contribution in [3.63, 3.8) is 0 Å². The highest BCUT2D eigenvalue weighted by Crippen LogP contribution is 2.31. The van der Waals surface area contributed by atoms with E-state index in [4.69, 9.17) is 4.74 Å². The van der Waals surface area contributed by atoms with Gasteiger partial charge >= 0.3 is 0 Å². The minimum Gasteiger partial charge on any atom is -0.497 e. The third-order valence-corrected chi connectivity index (χ3v) is 2.70. The van der Waals surface area contributed by atoms with Crippen molar-refractivity contribution in [1.82, 2.24) is 0 Å². The quantitative estimate of drug-likeness (QED) is 0.721. The second-order valence-corrected chi connectivity index (χ2v) is 3.97. The number of nitrogens with zero attached hydrogens (tertiary/aromatic N) is 1. The van der Waals surface area contributed by atoms with Gasteiger partial charge in [-0.05, 0) is 30.2 Å². The maximum absolute atomic E-state index is 5.26. The summed E-state index contributed by atoms with van der Waals surface area (Å²) in [6.07, 6.45) is 2.87. The highest BCUT2D eigenvalue weighted by atomic mass is 16.5. The van der Waals surface area contributed by atoms with Crippen LogP contribution in [0.5, 0.6) is 5.75 Å². The molecule has 0 aliphatic carbocycles. The largest absolute Gasteiger partial charge is 0.497 e. The van der Waals surface area contributed by atoms with Crippen molar-refractivity contribution in [2.45, 2.75) is 13.3 Å². The van der Waals surface area contributed by atoms with Gasteiger partial charge in [0.05, 0.1) is 12.8 Å². The SMILES string of the molecule is CC/C=N/c1ccccc1-c1cccc(OC)c1. The fourth-order valence-corrected chi connectivity index (χ4v) is 1.81. The zero-order valence-corrected chi connectivity index (χ0v) is 10.8. The van der Waals surface area contributed by atoms with E-state index >= 15 is 0 Å².